The number of hydrogen-bond donors (Lipinski definition) is 1. The zero-order valence-corrected chi connectivity index (χ0v) is 6.56. The highest BCUT2D eigenvalue weighted by Crippen LogP contribution is 2.09. The molecule has 0 saturated heterocycles. The summed E-state index contributed by atoms with van der Waals surface area (Å²) < 4.78 is 0. The molecule has 0 unspecified atom stereocenters. The van der Waals surface area contributed by atoms with Crippen LogP contribution in [0, 0.1) is 7.05 Å². The third-order valence-electron chi connectivity index (χ3n) is 1.25. The Morgan fingerprint density at radius 3 is 2.82 bits per heavy atom. The highest BCUT2D eigenvalue weighted by molar-refractivity contribution is 6.30. The van der Waals surface area contributed by atoms with Crippen LogP contribution in [0.15, 0.2) is 24.3 Å². The van der Waals surface area contributed by atoms with Gasteiger partial charge < -0.3 is 5.32 Å². The lowest BCUT2D eigenvalue weighted by molar-refractivity contribution is 0.0969. The van der Waals surface area contributed by atoms with E-state index in [1.807, 2.05) is 0 Å². The minimum absolute atomic E-state index is 0.229. The Hall–Kier alpha value is -1.02. The summed E-state index contributed by atoms with van der Waals surface area (Å²) in [5, 5.41) is 2.81. The average molecular weight is 169 g/mol. The van der Waals surface area contributed by atoms with Crippen molar-refractivity contribution in [1.29, 1.82) is 0 Å². The molecular weight excluding hydrogens is 162 g/mol. The lowest BCUT2D eigenvalue weighted by Crippen LogP contribution is -2.15. The van der Waals surface area contributed by atoms with E-state index >= 15 is 0 Å². The summed E-state index contributed by atoms with van der Waals surface area (Å²) in [4.78, 5) is 10.9. The van der Waals surface area contributed by atoms with Gasteiger partial charge in [-0.1, -0.05) is 17.7 Å². The Labute approximate surface area is 70.2 Å². The first-order valence-corrected chi connectivity index (χ1v) is 3.45. The second-order valence-corrected chi connectivity index (χ2v) is 2.45. The fraction of sp³-hybridized carbons (Fsp3) is 0. The first kappa shape index (κ1) is 8.08. The van der Waals surface area contributed by atoms with Crippen molar-refractivity contribution in [2.45, 2.75) is 0 Å². The lowest BCUT2D eigenvalue weighted by Gasteiger charge is -1.97. The van der Waals surface area contributed by atoms with Crippen LogP contribution in [0.3, 0.4) is 0 Å². The third kappa shape index (κ3) is 1.95. The quantitative estimate of drug-likeness (QED) is 0.682. The summed E-state index contributed by atoms with van der Waals surface area (Å²) in [7, 11) is 3.25. The van der Waals surface area contributed by atoms with Crippen molar-refractivity contribution in [2.24, 2.45) is 0 Å². The molecule has 11 heavy (non-hydrogen) atoms. The zero-order chi connectivity index (χ0) is 8.27. The molecule has 0 saturated carbocycles. The van der Waals surface area contributed by atoms with Crippen molar-refractivity contribution in [3.8, 4) is 0 Å². The van der Waals surface area contributed by atoms with Crippen LogP contribution in [0.25, 0.3) is 0 Å². The molecule has 1 aromatic rings. The molecule has 0 spiro atoms. The Balaban J connectivity index is 2.96. The van der Waals surface area contributed by atoms with Gasteiger partial charge in [0.25, 0.3) is 5.91 Å². The molecule has 0 aliphatic carbocycles. The normalized spacial score (nSPS) is 9.27. The largest absolute Gasteiger partial charge is 0.350 e. The van der Waals surface area contributed by atoms with E-state index in [2.05, 4.69) is 12.4 Å². The van der Waals surface area contributed by atoms with Crippen LogP contribution in [0.5, 0.6) is 0 Å². The van der Waals surface area contributed by atoms with Crippen LogP contribution >= 0.6 is 11.6 Å². The highest BCUT2D eigenvalue weighted by Gasteiger charge is 2.01. The van der Waals surface area contributed by atoms with E-state index in [9.17, 15) is 4.79 Å². The van der Waals surface area contributed by atoms with Gasteiger partial charge in [-0.15, -0.1) is 0 Å². The summed E-state index contributed by atoms with van der Waals surface area (Å²) in [6, 6.07) is 6.68. The fourth-order valence-electron chi connectivity index (χ4n) is 0.732. The number of halogens is 1. The number of carbonyl (C=O) groups excluding carboxylic acids is 1. The lowest BCUT2D eigenvalue weighted by atomic mass is 10.2. The SMILES string of the molecule is [CH2]NC(=O)c1cccc(Cl)c1. The van der Waals surface area contributed by atoms with Crippen LogP contribution in [0.4, 0.5) is 0 Å². The van der Waals surface area contributed by atoms with E-state index in [1.54, 1.807) is 24.3 Å². The summed E-state index contributed by atoms with van der Waals surface area (Å²) in [6.07, 6.45) is 0. The Kier molecular flexibility index (Phi) is 2.49. The van der Waals surface area contributed by atoms with Gasteiger partial charge in [0, 0.05) is 17.6 Å². The van der Waals surface area contributed by atoms with Crippen LogP contribution < -0.4 is 5.32 Å². The minimum atomic E-state index is -0.229. The molecule has 2 nitrogen and oxygen atoms in total. The van der Waals surface area contributed by atoms with Gasteiger partial charge in [0.05, 0.1) is 0 Å². The Morgan fingerprint density at radius 1 is 1.55 bits per heavy atom. The monoisotopic (exact) mass is 168 g/mol. The molecule has 0 aliphatic rings. The first-order chi connectivity index (χ1) is 5.24. The molecule has 57 valence electrons. The van der Waals surface area contributed by atoms with Crippen molar-refractivity contribution < 1.29 is 4.79 Å². The van der Waals surface area contributed by atoms with Gasteiger partial charge >= 0.3 is 0 Å². The second-order valence-electron chi connectivity index (χ2n) is 2.02. The maximum atomic E-state index is 10.9. The molecule has 1 N–H and O–H groups in total. The predicted molar refractivity (Wildman–Crippen MR) is 44.3 cm³/mol. The van der Waals surface area contributed by atoms with E-state index in [4.69, 9.17) is 11.6 Å². The molecule has 1 aromatic carbocycles. The van der Waals surface area contributed by atoms with E-state index in [-0.39, 0.29) is 5.91 Å². The first-order valence-electron chi connectivity index (χ1n) is 3.07. The minimum Gasteiger partial charge on any atom is -0.350 e. The summed E-state index contributed by atoms with van der Waals surface area (Å²) in [5.41, 5.74) is 0.521. The summed E-state index contributed by atoms with van der Waals surface area (Å²) in [6.45, 7) is 0. The molecule has 0 aromatic heterocycles. The van der Waals surface area contributed by atoms with E-state index in [0.717, 1.165) is 0 Å². The third-order valence-corrected chi connectivity index (χ3v) is 1.48. The number of rotatable bonds is 1. The molecule has 0 aliphatic heterocycles. The second kappa shape index (κ2) is 3.39. The molecule has 0 bridgehead atoms. The van der Waals surface area contributed by atoms with Crippen molar-refractivity contribution in [1.82, 2.24) is 5.32 Å². The Bertz CT molecular complexity index is 273. The van der Waals surface area contributed by atoms with Gasteiger partial charge in [-0.3, -0.25) is 4.79 Å². The van der Waals surface area contributed by atoms with E-state index < -0.39 is 0 Å². The van der Waals surface area contributed by atoms with Gasteiger partial charge in [-0.25, -0.2) is 0 Å². The van der Waals surface area contributed by atoms with Gasteiger partial charge in [0.2, 0.25) is 0 Å². The van der Waals surface area contributed by atoms with Crippen LogP contribution in [0.2, 0.25) is 5.02 Å². The number of hydrogen-bond acceptors (Lipinski definition) is 1. The topological polar surface area (TPSA) is 29.1 Å². The smallest absolute Gasteiger partial charge is 0.251 e. The maximum Gasteiger partial charge on any atom is 0.251 e. The van der Waals surface area contributed by atoms with Crippen molar-refractivity contribution in [3.63, 3.8) is 0 Å². The standard InChI is InChI=1S/C8H7ClNO/c1-10-8(11)6-3-2-4-7(9)5-6/h2-5H,1H2,(H,10,11). The zero-order valence-electron chi connectivity index (χ0n) is 5.80. The molecule has 1 radical (unpaired) electrons. The molecule has 0 fully saturated rings. The number of amides is 1. The van der Waals surface area contributed by atoms with Crippen LogP contribution in [-0.4, -0.2) is 5.91 Å². The number of benzene rings is 1. The number of carbonyl (C=O) groups is 1. The van der Waals surface area contributed by atoms with E-state index in [1.165, 1.54) is 0 Å². The number of nitrogens with one attached hydrogen (secondary N) is 1. The van der Waals surface area contributed by atoms with Crippen LogP contribution in [0.1, 0.15) is 10.4 Å². The maximum absolute atomic E-state index is 10.9. The molecular formula is C8H7ClNO. The molecule has 1 rings (SSSR count). The van der Waals surface area contributed by atoms with E-state index in [0.29, 0.717) is 10.6 Å². The van der Waals surface area contributed by atoms with Crippen LogP contribution in [-0.2, 0) is 0 Å². The highest BCUT2D eigenvalue weighted by atomic mass is 35.5. The molecule has 3 heteroatoms. The van der Waals surface area contributed by atoms with Crippen molar-refractivity contribution in [3.05, 3.63) is 41.9 Å². The average Bonchev–Trinajstić information content (AvgIpc) is 2.03. The fourth-order valence-corrected chi connectivity index (χ4v) is 0.922. The van der Waals surface area contributed by atoms with Gasteiger partial charge in [-0.2, -0.15) is 0 Å². The molecule has 0 atom stereocenters. The summed E-state index contributed by atoms with van der Waals surface area (Å²) >= 11 is 5.65. The summed E-state index contributed by atoms with van der Waals surface area (Å²) in [5.74, 6) is -0.229. The van der Waals surface area contributed by atoms with Crippen molar-refractivity contribution >= 4 is 17.5 Å². The Morgan fingerprint density at radius 2 is 2.27 bits per heavy atom. The van der Waals surface area contributed by atoms with Gasteiger partial charge in [0.1, 0.15) is 0 Å². The van der Waals surface area contributed by atoms with Gasteiger partial charge in [-0.05, 0) is 18.2 Å². The molecule has 0 heterocycles. The van der Waals surface area contributed by atoms with Crippen molar-refractivity contribution in [2.75, 3.05) is 0 Å². The predicted octanol–water partition coefficient (Wildman–Crippen LogP) is 1.86. The van der Waals surface area contributed by atoms with Gasteiger partial charge in [0.15, 0.2) is 0 Å². The molecule has 1 amide bonds.